The molecule has 1 aliphatic carbocycles. The summed E-state index contributed by atoms with van der Waals surface area (Å²) >= 11 is 0. The molecule has 3 nitrogen and oxygen atoms in total. The minimum atomic E-state index is -0.346. The summed E-state index contributed by atoms with van der Waals surface area (Å²) in [5.41, 5.74) is 0. The Balaban J connectivity index is 2.30. The van der Waals surface area contributed by atoms with Crippen LogP contribution in [0.15, 0.2) is 12.2 Å². The minimum Gasteiger partial charge on any atom is -0.442 e. The van der Waals surface area contributed by atoms with Crippen molar-refractivity contribution in [1.82, 2.24) is 5.32 Å². The number of allylic oxidation sites excluding steroid dienone is 1. The molecule has 0 aromatic carbocycles. The van der Waals surface area contributed by atoms with Gasteiger partial charge in [-0.05, 0) is 25.3 Å². The number of amides is 1. The van der Waals surface area contributed by atoms with Gasteiger partial charge in [0.05, 0.1) is 0 Å². The number of carbonyl (C=O) groups excluding carboxylic acids is 1. The molecule has 0 spiro atoms. The highest BCUT2D eigenvalue weighted by atomic mass is 16.6. The second kappa shape index (κ2) is 4.01. The highest BCUT2D eigenvalue weighted by molar-refractivity contribution is 5.67. The molecule has 0 aromatic heterocycles. The SMILES string of the molecule is CNC(=O)OC1C=CCCC1. The van der Waals surface area contributed by atoms with Crippen LogP contribution in [-0.2, 0) is 4.74 Å². The average molecular weight is 155 g/mol. The van der Waals surface area contributed by atoms with Gasteiger partial charge in [-0.1, -0.05) is 6.08 Å². The van der Waals surface area contributed by atoms with Crippen molar-refractivity contribution >= 4 is 6.09 Å². The standard InChI is InChI=1S/C8H13NO2/c1-9-8(10)11-7-5-3-2-4-6-7/h3,5,7H,2,4,6H2,1H3,(H,9,10). The fraction of sp³-hybridized carbons (Fsp3) is 0.625. The van der Waals surface area contributed by atoms with Crippen LogP contribution in [0.4, 0.5) is 4.79 Å². The van der Waals surface area contributed by atoms with E-state index in [0.717, 1.165) is 19.3 Å². The summed E-state index contributed by atoms with van der Waals surface area (Å²) in [6, 6.07) is 0. The molecule has 1 amide bonds. The molecule has 0 bridgehead atoms. The first-order valence-corrected chi connectivity index (χ1v) is 3.88. The first-order valence-electron chi connectivity index (χ1n) is 3.88. The molecule has 0 fully saturated rings. The molecular formula is C8H13NO2. The lowest BCUT2D eigenvalue weighted by molar-refractivity contribution is 0.114. The molecule has 1 aliphatic rings. The predicted molar refractivity (Wildman–Crippen MR) is 42.3 cm³/mol. The zero-order chi connectivity index (χ0) is 8.10. The lowest BCUT2D eigenvalue weighted by atomic mass is 10.1. The Labute approximate surface area is 66.4 Å². The molecule has 0 aromatic rings. The van der Waals surface area contributed by atoms with Gasteiger partial charge < -0.3 is 10.1 Å². The number of rotatable bonds is 1. The third-order valence-corrected chi connectivity index (χ3v) is 1.67. The van der Waals surface area contributed by atoms with Crippen molar-refractivity contribution in [2.45, 2.75) is 25.4 Å². The lowest BCUT2D eigenvalue weighted by Crippen LogP contribution is -2.25. The molecule has 1 N–H and O–H groups in total. The molecule has 62 valence electrons. The quantitative estimate of drug-likeness (QED) is 0.582. The normalized spacial score (nSPS) is 22.8. The molecule has 0 heterocycles. The predicted octanol–water partition coefficient (Wildman–Crippen LogP) is 1.45. The molecule has 0 radical (unpaired) electrons. The van der Waals surface area contributed by atoms with Crippen LogP contribution in [0.25, 0.3) is 0 Å². The van der Waals surface area contributed by atoms with Gasteiger partial charge >= 0.3 is 6.09 Å². The summed E-state index contributed by atoms with van der Waals surface area (Å²) in [5.74, 6) is 0. The Hall–Kier alpha value is -0.990. The molecule has 1 unspecified atom stereocenters. The Morgan fingerprint density at radius 3 is 3.09 bits per heavy atom. The molecule has 0 saturated carbocycles. The van der Waals surface area contributed by atoms with Crippen molar-refractivity contribution in [3.8, 4) is 0 Å². The number of nitrogens with one attached hydrogen (secondary N) is 1. The minimum absolute atomic E-state index is 0.0105. The first-order chi connectivity index (χ1) is 5.33. The van der Waals surface area contributed by atoms with E-state index >= 15 is 0 Å². The van der Waals surface area contributed by atoms with E-state index in [2.05, 4.69) is 11.4 Å². The molecule has 3 heteroatoms. The van der Waals surface area contributed by atoms with Crippen LogP contribution in [0.3, 0.4) is 0 Å². The third kappa shape index (κ3) is 2.62. The Bertz CT molecular complexity index is 165. The molecule has 1 rings (SSSR count). The fourth-order valence-electron chi connectivity index (χ4n) is 1.08. The van der Waals surface area contributed by atoms with Gasteiger partial charge in [0.1, 0.15) is 6.10 Å². The van der Waals surface area contributed by atoms with Gasteiger partial charge in [-0.3, -0.25) is 0 Å². The smallest absolute Gasteiger partial charge is 0.407 e. The van der Waals surface area contributed by atoms with E-state index in [9.17, 15) is 4.79 Å². The second-order valence-electron chi connectivity index (χ2n) is 2.55. The maximum absolute atomic E-state index is 10.7. The van der Waals surface area contributed by atoms with E-state index in [1.165, 1.54) is 0 Å². The van der Waals surface area contributed by atoms with Crippen LogP contribution in [0.1, 0.15) is 19.3 Å². The summed E-state index contributed by atoms with van der Waals surface area (Å²) in [7, 11) is 1.56. The number of hydrogen-bond acceptors (Lipinski definition) is 2. The number of ether oxygens (including phenoxy) is 1. The summed E-state index contributed by atoms with van der Waals surface area (Å²) in [4.78, 5) is 10.7. The van der Waals surface area contributed by atoms with E-state index in [-0.39, 0.29) is 12.2 Å². The van der Waals surface area contributed by atoms with Crippen molar-refractivity contribution < 1.29 is 9.53 Å². The molecule has 1 atom stereocenters. The van der Waals surface area contributed by atoms with Crippen LogP contribution in [0, 0.1) is 0 Å². The van der Waals surface area contributed by atoms with E-state index < -0.39 is 0 Å². The Morgan fingerprint density at radius 2 is 2.55 bits per heavy atom. The van der Waals surface area contributed by atoms with Crippen LogP contribution in [0.5, 0.6) is 0 Å². The highest BCUT2D eigenvalue weighted by Crippen LogP contribution is 2.13. The Morgan fingerprint density at radius 1 is 1.73 bits per heavy atom. The van der Waals surface area contributed by atoms with E-state index in [0.29, 0.717) is 0 Å². The molecular weight excluding hydrogens is 142 g/mol. The second-order valence-corrected chi connectivity index (χ2v) is 2.55. The van der Waals surface area contributed by atoms with Crippen molar-refractivity contribution in [1.29, 1.82) is 0 Å². The maximum atomic E-state index is 10.7. The third-order valence-electron chi connectivity index (χ3n) is 1.67. The van der Waals surface area contributed by atoms with Gasteiger partial charge in [0.2, 0.25) is 0 Å². The first kappa shape index (κ1) is 8.11. The number of alkyl carbamates (subject to hydrolysis) is 1. The zero-order valence-corrected chi connectivity index (χ0v) is 6.67. The van der Waals surface area contributed by atoms with Gasteiger partial charge in [-0.25, -0.2) is 4.79 Å². The zero-order valence-electron chi connectivity index (χ0n) is 6.67. The van der Waals surface area contributed by atoms with Gasteiger partial charge in [0.15, 0.2) is 0 Å². The number of carbonyl (C=O) groups is 1. The van der Waals surface area contributed by atoms with Gasteiger partial charge in [-0.2, -0.15) is 0 Å². The molecule has 0 aliphatic heterocycles. The van der Waals surface area contributed by atoms with Crippen LogP contribution < -0.4 is 5.32 Å². The largest absolute Gasteiger partial charge is 0.442 e. The monoisotopic (exact) mass is 155 g/mol. The molecule has 0 saturated heterocycles. The maximum Gasteiger partial charge on any atom is 0.407 e. The van der Waals surface area contributed by atoms with E-state index in [1.807, 2.05) is 6.08 Å². The van der Waals surface area contributed by atoms with Crippen molar-refractivity contribution in [3.63, 3.8) is 0 Å². The summed E-state index contributed by atoms with van der Waals surface area (Å²) in [5, 5.41) is 2.42. The Kier molecular flexibility index (Phi) is 2.95. The summed E-state index contributed by atoms with van der Waals surface area (Å²) in [6.07, 6.45) is 6.80. The van der Waals surface area contributed by atoms with Gasteiger partial charge in [-0.15, -0.1) is 0 Å². The van der Waals surface area contributed by atoms with Crippen LogP contribution in [-0.4, -0.2) is 19.2 Å². The van der Waals surface area contributed by atoms with Crippen LogP contribution in [0.2, 0.25) is 0 Å². The average Bonchev–Trinajstić information content (AvgIpc) is 2.06. The van der Waals surface area contributed by atoms with Gasteiger partial charge in [0.25, 0.3) is 0 Å². The van der Waals surface area contributed by atoms with Crippen molar-refractivity contribution in [3.05, 3.63) is 12.2 Å². The highest BCUT2D eigenvalue weighted by Gasteiger charge is 2.11. The van der Waals surface area contributed by atoms with E-state index in [4.69, 9.17) is 4.74 Å². The number of hydrogen-bond donors (Lipinski definition) is 1. The fourth-order valence-corrected chi connectivity index (χ4v) is 1.08. The summed E-state index contributed by atoms with van der Waals surface area (Å²) < 4.78 is 5.00. The molecule has 11 heavy (non-hydrogen) atoms. The van der Waals surface area contributed by atoms with Gasteiger partial charge in [0, 0.05) is 7.05 Å². The van der Waals surface area contributed by atoms with E-state index in [1.54, 1.807) is 7.05 Å². The van der Waals surface area contributed by atoms with Crippen LogP contribution >= 0.6 is 0 Å². The van der Waals surface area contributed by atoms with Crippen molar-refractivity contribution in [2.24, 2.45) is 0 Å². The summed E-state index contributed by atoms with van der Waals surface area (Å²) in [6.45, 7) is 0. The van der Waals surface area contributed by atoms with Crippen molar-refractivity contribution in [2.75, 3.05) is 7.05 Å². The lowest BCUT2D eigenvalue weighted by Gasteiger charge is -2.16. The topological polar surface area (TPSA) is 38.3 Å².